The molecule has 0 radical (unpaired) electrons. The molecule has 0 heterocycles. The van der Waals surface area contributed by atoms with Crippen LogP contribution < -0.4 is 10.6 Å². The summed E-state index contributed by atoms with van der Waals surface area (Å²) in [4.78, 5) is 23.5. The van der Waals surface area contributed by atoms with E-state index in [9.17, 15) is 14.7 Å². The van der Waals surface area contributed by atoms with Crippen LogP contribution in [0.4, 0.5) is 4.79 Å². The van der Waals surface area contributed by atoms with E-state index in [-0.39, 0.29) is 22.6 Å². The molecule has 5 nitrogen and oxygen atoms in total. The summed E-state index contributed by atoms with van der Waals surface area (Å²) in [5.74, 6) is -1.57. The van der Waals surface area contributed by atoms with Crippen molar-refractivity contribution >= 4 is 35.2 Å². The van der Waals surface area contributed by atoms with Gasteiger partial charge in [0.15, 0.2) is 0 Å². The predicted octanol–water partition coefficient (Wildman–Crippen LogP) is 4.04. The van der Waals surface area contributed by atoms with Crippen LogP contribution in [0.5, 0.6) is 0 Å². The third-order valence-electron chi connectivity index (χ3n) is 4.39. The lowest BCUT2D eigenvalue weighted by Crippen LogP contribution is -2.41. The molecule has 1 aromatic carbocycles. The van der Waals surface area contributed by atoms with E-state index in [0.717, 1.165) is 12.8 Å². The van der Waals surface area contributed by atoms with Crippen molar-refractivity contribution in [3.8, 4) is 0 Å². The number of urea groups is 1. The number of aliphatic carboxylic acids is 1. The average Bonchev–Trinajstić information content (AvgIpc) is 2.56. The first-order chi connectivity index (χ1) is 11.5. The lowest BCUT2D eigenvalue weighted by Gasteiger charge is -2.22. The fourth-order valence-corrected chi connectivity index (χ4v) is 3.70. The number of hydrogen-bond donors (Lipinski definition) is 3. The maximum absolute atomic E-state index is 11.9. The Morgan fingerprint density at radius 3 is 2.33 bits per heavy atom. The van der Waals surface area contributed by atoms with Crippen molar-refractivity contribution in [3.05, 3.63) is 33.8 Å². The van der Waals surface area contributed by atoms with Gasteiger partial charge in [-0.3, -0.25) is 4.79 Å². The number of carbonyl (C=O) groups is 2. The normalized spacial score (nSPS) is 16.4. The quantitative estimate of drug-likeness (QED) is 0.704. The van der Waals surface area contributed by atoms with E-state index in [4.69, 9.17) is 23.2 Å². The number of carboxylic acid groups (broad SMARTS) is 1. The van der Waals surface area contributed by atoms with E-state index >= 15 is 0 Å². The average molecular weight is 373 g/mol. The Morgan fingerprint density at radius 1 is 1.12 bits per heavy atom. The van der Waals surface area contributed by atoms with Gasteiger partial charge in [0.1, 0.15) is 5.92 Å². The van der Waals surface area contributed by atoms with Crippen LogP contribution in [0.25, 0.3) is 0 Å². The lowest BCUT2D eigenvalue weighted by molar-refractivity contribution is -0.138. The minimum atomic E-state index is -1.09. The molecule has 3 N–H and O–H groups in total. The maximum Gasteiger partial charge on any atom is 0.314 e. The molecule has 2 amide bonds. The SMILES string of the molecule is O=C(NCC1CCCCC1)NCC(C(=O)O)c1c(Cl)cccc1Cl. The van der Waals surface area contributed by atoms with E-state index < -0.39 is 11.9 Å². The number of amides is 2. The molecule has 1 aromatic rings. The van der Waals surface area contributed by atoms with E-state index in [1.54, 1.807) is 18.2 Å². The molecule has 0 aromatic heterocycles. The largest absolute Gasteiger partial charge is 0.481 e. The first-order valence-electron chi connectivity index (χ1n) is 8.17. The number of nitrogens with one attached hydrogen (secondary N) is 2. The molecule has 1 atom stereocenters. The van der Waals surface area contributed by atoms with Crippen LogP contribution in [0.3, 0.4) is 0 Å². The van der Waals surface area contributed by atoms with Crippen molar-refractivity contribution in [2.75, 3.05) is 13.1 Å². The van der Waals surface area contributed by atoms with Gasteiger partial charge in [0.25, 0.3) is 0 Å². The van der Waals surface area contributed by atoms with Crippen molar-refractivity contribution in [2.45, 2.75) is 38.0 Å². The van der Waals surface area contributed by atoms with Crippen LogP contribution in [-0.2, 0) is 4.79 Å². The molecule has 0 aliphatic heterocycles. The molecule has 1 saturated carbocycles. The summed E-state index contributed by atoms with van der Waals surface area (Å²) >= 11 is 12.1. The fourth-order valence-electron chi connectivity index (χ4n) is 3.04. The molecule has 1 aliphatic carbocycles. The molecule has 0 bridgehead atoms. The highest BCUT2D eigenvalue weighted by molar-refractivity contribution is 6.36. The summed E-state index contributed by atoms with van der Waals surface area (Å²) in [5, 5.41) is 15.4. The van der Waals surface area contributed by atoms with Crippen LogP contribution in [0, 0.1) is 5.92 Å². The van der Waals surface area contributed by atoms with Gasteiger partial charge in [0.2, 0.25) is 0 Å². The van der Waals surface area contributed by atoms with Gasteiger partial charge in [-0.2, -0.15) is 0 Å². The molecule has 0 spiro atoms. The second kappa shape index (κ2) is 9.14. The first-order valence-corrected chi connectivity index (χ1v) is 8.93. The van der Waals surface area contributed by atoms with Crippen LogP contribution in [0.1, 0.15) is 43.6 Å². The number of halogens is 2. The summed E-state index contributed by atoms with van der Waals surface area (Å²) < 4.78 is 0. The van der Waals surface area contributed by atoms with Crippen LogP contribution in [0.15, 0.2) is 18.2 Å². The van der Waals surface area contributed by atoms with Crippen molar-refractivity contribution in [1.29, 1.82) is 0 Å². The third-order valence-corrected chi connectivity index (χ3v) is 5.05. The zero-order valence-corrected chi connectivity index (χ0v) is 14.9. The third kappa shape index (κ3) is 5.28. The van der Waals surface area contributed by atoms with Gasteiger partial charge in [0.05, 0.1) is 0 Å². The Bertz CT molecular complexity index is 569. The smallest absolute Gasteiger partial charge is 0.314 e. The second-order valence-corrected chi connectivity index (χ2v) is 6.94. The monoisotopic (exact) mass is 372 g/mol. The zero-order valence-electron chi connectivity index (χ0n) is 13.4. The maximum atomic E-state index is 11.9. The molecule has 24 heavy (non-hydrogen) atoms. The van der Waals surface area contributed by atoms with Crippen LogP contribution in [-0.4, -0.2) is 30.2 Å². The van der Waals surface area contributed by atoms with Gasteiger partial charge in [-0.1, -0.05) is 48.5 Å². The fraction of sp³-hybridized carbons (Fsp3) is 0.529. The Labute approximate surface area is 151 Å². The van der Waals surface area contributed by atoms with Crippen molar-refractivity contribution in [2.24, 2.45) is 5.92 Å². The lowest BCUT2D eigenvalue weighted by atomic mass is 9.89. The first kappa shape index (κ1) is 18.9. The van der Waals surface area contributed by atoms with Gasteiger partial charge in [-0.25, -0.2) is 4.79 Å². The minimum absolute atomic E-state index is 0.0741. The van der Waals surface area contributed by atoms with Crippen LogP contribution >= 0.6 is 23.2 Å². The highest BCUT2D eigenvalue weighted by Crippen LogP contribution is 2.31. The second-order valence-electron chi connectivity index (χ2n) is 6.12. The summed E-state index contributed by atoms with van der Waals surface area (Å²) in [6.45, 7) is 0.547. The predicted molar refractivity (Wildman–Crippen MR) is 94.8 cm³/mol. The van der Waals surface area contributed by atoms with Crippen molar-refractivity contribution in [1.82, 2.24) is 10.6 Å². The minimum Gasteiger partial charge on any atom is -0.481 e. The molecular weight excluding hydrogens is 351 g/mol. The molecule has 1 fully saturated rings. The van der Waals surface area contributed by atoms with Crippen LogP contribution in [0.2, 0.25) is 10.0 Å². The highest BCUT2D eigenvalue weighted by Gasteiger charge is 2.25. The van der Waals surface area contributed by atoms with Crippen molar-refractivity contribution in [3.63, 3.8) is 0 Å². The zero-order chi connectivity index (χ0) is 17.5. The molecule has 1 unspecified atom stereocenters. The Kier molecular flexibility index (Phi) is 7.18. The van der Waals surface area contributed by atoms with Gasteiger partial charge in [-0.15, -0.1) is 0 Å². The number of rotatable bonds is 6. The Morgan fingerprint density at radius 2 is 1.75 bits per heavy atom. The summed E-state index contributed by atoms with van der Waals surface area (Å²) in [6, 6.07) is 4.45. The van der Waals surface area contributed by atoms with Gasteiger partial charge >= 0.3 is 12.0 Å². The van der Waals surface area contributed by atoms with E-state index in [0.29, 0.717) is 18.0 Å². The molecule has 1 aliphatic rings. The topological polar surface area (TPSA) is 78.4 Å². The van der Waals surface area contributed by atoms with Gasteiger partial charge < -0.3 is 15.7 Å². The van der Waals surface area contributed by atoms with E-state index in [1.165, 1.54) is 19.3 Å². The van der Waals surface area contributed by atoms with Gasteiger partial charge in [0, 0.05) is 28.7 Å². The molecular formula is C17H22Cl2N2O3. The number of carbonyl (C=O) groups excluding carboxylic acids is 1. The molecule has 7 heteroatoms. The summed E-state index contributed by atoms with van der Waals surface area (Å²) in [7, 11) is 0. The van der Waals surface area contributed by atoms with Crippen molar-refractivity contribution < 1.29 is 14.7 Å². The summed E-state index contributed by atoms with van der Waals surface area (Å²) in [6.07, 6.45) is 5.95. The van der Waals surface area contributed by atoms with E-state index in [1.807, 2.05) is 0 Å². The number of carboxylic acids is 1. The molecule has 132 valence electrons. The van der Waals surface area contributed by atoms with Gasteiger partial charge in [-0.05, 0) is 30.9 Å². The Hall–Kier alpha value is -1.46. The molecule has 2 rings (SSSR count). The van der Waals surface area contributed by atoms with E-state index in [2.05, 4.69) is 10.6 Å². The standard InChI is InChI=1S/C17H22Cl2N2O3/c18-13-7-4-8-14(19)15(13)12(16(22)23)10-21-17(24)20-9-11-5-2-1-3-6-11/h4,7-8,11-12H,1-3,5-6,9-10H2,(H,22,23)(H2,20,21,24). The molecule has 0 saturated heterocycles. The summed E-state index contributed by atoms with van der Waals surface area (Å²) in [5.41, 5.74) is 0.320. The highest BCUT2D eigenvalue weighted by atomic mass is 35.5. The Balaban J connectivity index is 1.89. The number of benzene rings is 1. The number of hydrogen-bond acceptors (Lipinski definition) is 2.